The van der Waals surface area contributed by atoms with E-state index in [-0.39, 0.29) is 11.6 Å². The molecule has 3 aromatic rings. The summed E-state index contributed by atoms with van der Waals surface area (Å²) < 4.78 is 6.05. The first-order valence-electron chi connectivity index (χ1n) is 8.58. The van der Waals surface area contributed by atoms with Gasteiger partial charge >= 0.3 is 5.97 Å². The molecule has 4 nitrogen and oxygen atoms in total. The predicted octanol–water partition coefficient (Wildman–Crippen LogP) is 4.53. The first-order chi connectivity index (χ1) is 12.7. The lowest BCUT2D eigenvalue weighted by molar-refractivity contribution is 0.0696. The standard InChI is InChI=1S/C22H19NO3/c24-22(25)17-11-12-18-14-23(19-9-5-2-6-10-19)20(15-26-21(18)13-17)16-7-3-1-4-8-16/h1-13,20H,14-15H2,(H,24,25)/t20-/m1/s1. The topological polar surface area (TPSA) is 49.8 Å². The molecule has 3 aromatic carbocycles. The summed E-state index contributed by atoms with van der Waals surface area (Å²) in [6, 6.07) is 25.6. The molecule has 0 saturated carbocycles. The summed E-state index contributed by atoms with van der Waals surface area (Å²) in [5.74, 6) is -0.301. The highest BCUT2D eigenvalue weighted by Gasteiger charge is 2.27. The minimum atomic E-state index is -0.944. The maximum absolute atomic E-state index is 11.3. The molecule has 0 fully saturated rings. The molecule has 1 aliphatic heterocycles. The normalized spacial score (nSPS) is 16.3. The van der Waals surface area contributed by atoms with Crippen molar-refractivity contribution in [2.24, 2.45) is 0 Å². The summed E-state index contributed by atoms with van der Waals surface area (Å²) >= 11 is 0. The molecular formula is C22H19NO3. The van der Waals surface area contributed by atoms with Crippen molar-refractivity contribution < 1.29 is 14.6 Å². The molecule has 4 heteroatoms. The van der Waals surface area contributed by atoms with Crippen molar-refractivity contribution in [1.82, 2.24) is 0 Å². The summed E-state index contributed by atoms with van der Waals surface area (Å²) in [6.07, 6.45) is 0. The molecule has 0 spiro atoms. The quantitative estimate of drug-likeness (QED) is 0.758. The third kappa shape index (κ3) is 3.14. The van der Waals surface area contributed by atoms with Crippen LogP contribution in [0, 0.1) is 0 Å². The molecule has 0 aromatic heterocycles. The van der Waals surface area contributed by atoms with Crippen molar-refractivity contribution in [3.05, 3.63) is 95.6 Å². The molecule has 4 rings (SSSR count). The van der Waals surface area contributed by atoms with E-state index in [2.05, 4.69) is 29.2 Å². The minimum Gasteiger partial charge on any atom is -0.491 e. The van der Waals surface area contributed by atoms with Gasteiger partial charge in [-0.05, 0) is 29.8 Å². The van der Waals surface area contributed by atoms with Crippen LogP contribution in [0.25, 0.3) is 0 Å². The van der Waals surface area contributed by atoms with Crippen LogP contribution in [-0.2, 0) is 6.54 Å². The fourth-order valence-electron chi connectivity index (χ4n) is 3.35. The fraction of sp³-hybridized carbons (Fsp3) is 0.136. The van der Waals surface area contributed by atoms with E-state index in [1.165, 1.54) is 5.56 Å². The highest BCUT2D eigenvalue weighted by atomic mass is 16.5. The predicted molar refractivity (Wildman–Crippen MR) is 101 cm³/mol. The molecule has 1 aliphatic rings. The number of hydrogen-bond donors (Lipinski definition) is 1. The van der Waals surface area contributed by atoms with Crippen LogP contribution in [-0.4, -0.2) is 17.7 Å². The third-order valence-electron chi connectivity index (χ3n) is 4.70. The van der Waals surface area contributed by atoms with Crippen molar-refractivity contribution in [3.8, 4) is 5.75 Å². The maximum atomic E-state index is 11.3. The molecule has 1 N–H and O–H groups in total. The zero-order chi connectivity index (χ0) is 17.9. The van der Waals surface area contributed by atoms with Gasteiger partial charge in [-0.3, -0.25) is 0 Å². The number of ether oxygens (including phenoxy) is 1. The van der Waals surface area contributed by atoms with Crippen LogP contribution < -0.4 is 9.64 Å². The van der Waals surface area contributed by atoms with Crippen LogP contribution in [0.4, 0.5) is 5.69 Å². The van der Waals surface area contributed by atoms with Crippen LogP contribution >= 0.6 is 0 Å². The van der Waals surface area contributed by atoms with Crippen LogP contribution in [0.2, 0.25) is 0 Å². The molecular weight excluding hydrogens is 326 g/mol. The maximum Gasteiger partial charge on any atom is 0.335 e. The molecule has 0 unspecified atom stereocenters. The Morgan fingerprint density at radius 3 is 2.35 bits per heavy atom. The number of para-hydroxylation sites is 1. The van der Waals surface area contributed by atoms with Gasteiger partial charge < -0.3 is 14.7 Å². The third-order valence-corrected chi connectivity index (χ3v) is 4.70. The number of benzene rings is 3. The van der Waals surface area contributed by atoms with Crippen molar-refractivity contribution in [2.45, 2.75) is 12.6 Å². The van der Waals surface area contributed by atoms with Gasteiger partial charge in [-0.2, -0.15) is 0 Å². The van der Waals surface area contributed by atoms with Crippen LogP contribution in [0.15, 0.2) is 78.9 Å². The van der Waals surface area contributed by atoms with E-state index in [0.717, 1.165) is 11.3 Å². The number of rotatable bonds is 3. The average molecular weight is 345 g/mol. The van der Waals surface area contributed by atoms with Gasteiger partial charge in [0.15, 0.2) is 0 Å². The second kappa shape index (κ2) is 6.92. The zero-order valence-corrected chi connectivity index (χ0v) is 14.2. The Hall–Kier alpha value is -3.27. The second-order valence-electron chi connectivity index (χ2n) is 6.33. The molecule has 0 saturated heterocycles. The van der Waals surface area contributed by atoms with Crippen LogP contribution in [0.5, 0.6) is 5.75 Å². The van der Waals surface area contributed by atoms with E-state index in [0.29, 0.717) is 18.9 Å². The number of carbonyl (C=O) groups is 1. The lowest BCUT2D eigenvalue weighted by Gasteiger charge is -2.31. The number of carboxylic acid groups (broad SMARTS) is 1. The number of carboxylic acids is 1. The van der Waals surface area contributed by atoms with Crippen molar-refractivity contribution in [2.75, 3.05) is 11.5 Å². The highest BCUT2D eigenvalue weighted by Crippen LogP contribution is 2.35. The summed E-state index contributed by atoms with van der Waals surface area (Å²) in [5, 5.41) is 9.25. The van der Waals surface area contributed by atoms with E-state index in [9.17, 15) is 9.90 Å². The Balaban J connectivity index is 1.77. The number of nitrogens with zero attached hydrogens (tertiary/aromatic N) is 1. The average Bonchev–Trinajstić information content (AvgIpc) is 2.88. The number of aromatic carboxylic acids is 1. The van der Waals surface area contributed by atoms with Gasteiger partial charge in [0.1, 0.15) is 12.4 Å². The van der Waals surface area contributed by atoms with E-state index < -0.39 is 5.97 Å². The minimum absolute atomic E-state index is 0.0410. The largest absolute Gasteiger partial charge is 0.491 e. The van der Waals surface area contributed by atoms with Gasteiger partial charge in [-0.1, -0.05) is 54.6 Å². The first-order valence-corrected chi connectivity index (χ1v) is 8.58. The van der Waals surface area contributed by atoms with E-state index >= 15 is 0 Å². The smallest absolute Gasteiger partial charge is 0.335 e. The molecule has 0 radical (unpaired) electrons. The summed E-state index contributed by atoms with van der Waals surface area (Å²) in [5.41, 5.74) is 3.51. The lowest BCUT2D eigenvalue weighted by Crippen LogP contribution is -2.30. The van der Waals surface area contributed by atoms with Gasteiger partial charge in [-0.25, -0.2) is 4.79 Å². The molecule has 0 aliphatic carbocycles. The van der Waals surface area contributed by atoms with Crippen molar-refractivity contribution >= 4 is 11.7 Å². The highest BCUT2D eigenvalue weighted by molar-refractivity contribution is 5.88. The summed E-state index contributed by atoms with van der Waals surface area (Å²) in [6.45, 7) is 1.10. The molecule has 130 valence electrons. The Morgan fingerprint density at radius 2 is 1.65 bits per heavy atom. The fourth-order valence-corrected chi connectivity index (χ4v) is 3.35. The van der Waals surface area contributed by atoms with Gasteiger partial charge in [0.2, 0.25) is 0 Å². The molecule has 26 heavy (non-hydrogen) atoms. The van der Waals surface area contributed by atoms with Gasteiger partial charge in [0.05, 0.1) is 11.6 Å². The first kappa shape index (κ1) is 16.2. The van der Waals surface area contributed by atoms with E-state index in [4.69, 9.17) is 4.74 Å². The van der Waals surface area contributed by atoms with Crippen LogP contribution in [0.1, 0.15) is 27.5 Å². The lowest BCUT2D eigenvalue weighted by atomic mass is 10.0. The van der Waals surface area contributed by atoms with Gasteiger partial charge in [0.25, 0.3) is 0 Å². The van der Waals surface area contributed by atoms with E-state index in [1.807, 2.05) is 42.5 Å². The molecule has 0 amide bonds. The Kier molecular flexibility index (Phi) is 4.32. The Morgan fingerprint density at radius 1 is 0.962 bits per heavy atom. The Labute approximate surface area is 152 Å². The molecule has 1 atom stereocenters. The monoisotopic (exact) mass is 345 g/mol. The van der Waals surface area contributed by atoms with Crippen LogP contribution in [0.3, 0.4) is 0 Å². The van der Waals surface area contributed by atoms with Crippen molar-refractivity contribution in [3.63, 3.8) is 0 Å². The van der Waals surface area contributed by atoms with Gasteiger partial charge in [0, 0.05) is 17.8 Å². The zero-order valence-electron chi connectivity index (χ0n) is 14.2. The van der Waals surface area contributed by atoms with Gasteiger partial charge in [-0.15, -0.1) is 0 Å². The van der Waals surface area contributed by atoms with Crippen molar-refractivity contribution in [1.29, 1.82) is 0 Å². The molecule has 1 heterocycles. The summed E-state index contributed by atoms with van der Waals surface area (Å²) in [4.78, 5) is 13.6. The number of anilines is 1. The van der Waals surface area contributed by atoms with E-state index in [1.54, 1.807) is 12.1 Å². The number of hydrogen-bond acceptors (Lipinski definition) is 3. The SMILES string of the molecule is O=C(O)c1ccc2c(c1)OC[C@H](c1ccccc1)N(c1ccccc1)C2. The Bertz CT molecular complexity index is 909. The second-order valence-corrected chi connectivity index (χ2v) is 6.33. The summed E-state index contributed by atoms with van der Waals surface area (Å²) in [7, 11) is 0. The number of fused-ring (bicyclic) bond motifs is 1. The molecule has 0 bridgehead atoms.